The molecule has 0 radical (unpaired) electrons. The van der Waals surface area contributed by atoms with Crippen LogP contribution in [0.2, 0.25) is 0 Å². The highest BCUT2D eigenvalue weighted by atomic mass is 127. The molecule has 1 fully saturated rings. The van der Waals surface area contributed by atoms with E-state index in [-0.39, 0.29) is 16.5 Å². The molecule has 0 spiro atoms. The third-order valence-electron chi connectivity index (χ3n) is 3.40. The summed E-state index contributed by atoms with van der Waals surface area (Å²) in [6.07, 6.45) is -4.15. The van der Waals surface area contributed by atoms with Crippen molar-refractivity contribution in [3.05, 3.63) is 32.9 Å². The van der Waals surface area contributed by atoms with Crippen LogP contribution in [0.4, 0.5) is 22.0 Å². The van der Waals surface area contributed by atoms with Gasteiger partial charge in [-0.05, 0) is 54.0 Å². The fourth-order valence-corrected chi connectivity index (χ4v) is 2.83. The number of hydrogen-bond acceptors (Lipinski definition) is 1. The van der Waals surface area contributed by atoms with Crippen LogP contribution < -0.4 is 0 Å². The van der Waals surface area contributed by atoms with Gasteiger partial charge in [0.1, 0.15) is 17.4 Å². The molecule has 1 aromatic carbocycles. The van der Waals surface area contributed by atoms with Crippen molar-refractivity contribution >= 4 is 28.5 Å². The number of hydrogen-bond donors (Lipinski definition) is 0. The largest absolute Gasteiger partial charge is 0.408 e. The summed E-state index contributed by atoms with van der Waals surface area (Å²) in [7, 11) is 0. The Hall–Kier alpha value is -0.930. The molecule has 1 unspecified atom stereocenters. The van der Waals surface area contributed by atoms with Crippen molar-refractivity contribution in [3.63, 3.8) is 0 Å². The summed E-state index contributed by atoms with van der Waals surface area (Å²) >= 11 is 1.56. The number of halogens is 6. The summed E-state index contributed by atoms with van der Waals surface area (Å²) in [4.78, 5) is 12.7. The van der Waals surface area contributed by atoms with E-state index in [1.54, 1.807) is 22.6 Å². The van der Waals surface area contributed by atoms with Crippen molar-refractivity contribution in [1.29, 1.82) is 0 Å². The number of benzene rings is 1. The number of piperidine rings is 1. The number of likely N-dealkylation sites (tertiary alicyclic amines) is 1. The Labute approximate surface area is 131 Å². The topological polar surface area (TPSA) is 20.3 Å². The zero-order valence-corrected chi connectivity index (χ0v) is 12.8. The number of rotatable bonds is 1. The second-order valence-corrected chi connectivity index (χ2v) is 5.93. The van der Waals surface area contributed by atoms with E-state index in [1.807, 2.05) is 0 Å². The number of carbonyl (C=O) groups is 1. The van der Waals surface area contributed by atoms with Crippen LogP contribution in [0.5, 0.6) is 0 Å². The van der Waals surface area contributed by atoms with Crippen LogP contribution in [0.3, 0.4) is 0 Å². The van der Waals surface area contributed by atoms with Gasteiger partial charge >= 0.3 is 6.18 Å². The van der Waals surface area contributed by atoms with Crippen molar-refractivity contribution < 1.29 is 26.7 Å². The highest BCUT2D eigenvalue weighted by Gasteiger charge is 2.47. The molecular weight excluding hydrogens is 408 g/mol. The minimum Gasteiger partial charge on any atom is -0.326 e. The molecule has 2 rings (SSSR count). The Morgan fingerprint density at radius 3 is 2.52 bits per heavy atom. The second-order valence-electron chi connectivity index (χ2n) is 4.77. The van der Waals surface area contributed by atoms with Gasteiger partial charge in [-0.1, -0.05) is 0 Å². The molecule has 1 amide bonds. The minimum absolute atomic E-state index is 0.0158. The fraction of sp³-hybridized carbons (Fsp3) is 0.462. The maximum Gasteiger partial charge on any atom is 0.408 e. The van der Waals surface area contributed by atoms with E-state index in [0.717, 1.165) is 12.1 Å². The van der Waals surface area contributed by atoms with E-state index in [9.17, 15) is 26.7 Å². The summed E-state index contributed by atoms with van der Waals surface area (Å²) in [5, 5.41) is 0. The summed E-state index contributed by atoms with van der Waals surface area (Å²) in [5.74, 6) is -3.51. The molecule has 21 heavy (non-hydrogen) atoms. The molecule has 0 N–H and O–H groups in total. The molecule has 1 atom stereocenters. The fourth-order valence-electron chi connectivity index (χ4n) is 2.38. The van der Waals surface area contributed by atoms with E-state index >= 15 is 0 Å². The normalized spacial score (nSPS) is 19.7. The van der Waals surface area contributed by atoms with Crippen LogP contribution >= 0.6 is 22.6 Å². The van der Waals surface area contributed by atoms with Crippen LogP contribution in [0.25, 0.3) is 0 Å². The van der Waals surface area contributed by atoms with Gasteiger partial charge in [-0.3, -0.25) is 4.79 Å². The first-order chi connectivity index (χ1) is 9.73. The van der Waals surface area contributed by atoms with Crippen LogP contribution in [-0.2, 0) is 0 Å². The lowest BCUT2D eigenvalue weighted by Crippen LogP contribution is -2.51. The lowest BCUT2D eigenvalue weighted by Gasteiger charge is -2.36. The van der Waals surface area contributed by atoms with Crippen LogP contribution in [0.1, 0.15) is 29.6 Å². The number of carbonyl (C=O) groups excluding carboxylic acids is 1. The van der Waals surface area contributed by atoms with Gasteiger partial charge in [-0.25, -0.2) is 8.78 Å². The average molecular weight is 419 g/mol. The number of alkyl halides is 3. The first kappa shape index (κ1) is 16.4. The molecule has 1 saturated heterocycles. The van der Waals surface area contributed by atoms with E-state index in [1.165, 1.54) is 0 Å². The minimum atomic E-state index is -4.61. The van der Waals surface area contributed by atoms with Crippen LogP contribution in [-0.4, -0.2) is 29.6 Å². The van der Waals surface area contributed by atoms with Crippen molar-refractivity contribution in [3.8, 4) is 0 Å². The van der Waals surface area contributed by atoms with E-state index in [2.05, 4.69) is 0 Å². The van der Waals surface area contributed by atoms with Crippen molar-refractivity contribution in [1.82, 2.24) is 4.90 Å². The summed E-state index contributed by atoms with van der Waals surface area (Å²) < 4.78 is 66.5. The highest BCUT2D eigenvalue weighted by Crippen LogP contribution is 2.33. The van der Waals surface area contributed by atoms with Gasteiger partial charge in [0.05, 0.1) is 0 Å². The predicted octanol–water partition coefficient (Wildman–Crippen LogP) is 4.13. The Kier molecular flexibility index (Phi) is 4.74. The average Bonchev–Trinajstić information content (AvgIpc) is 2.42. The Balaban J connectivity index is 2.41. The maximum absolute atomic E-state index is 13.9. The molecule has 1 heterocycles. The number of nitrogens with zero attached hydrogens (tertiary/aromatic N) is 1. The Morgan fingerprint density at radius 2 is 1.90 bits per heavy atom. The first-order valence-corrected chi connectivity index (χ1v) is 7.32. The van der Waals surface area contributed by atoms with E-state index in [0.29, 0.717) is 17.7 Å². The van der Waals surface area contributed by atoms with E-state index in [4.69, 9.17) is 0 Å². The Morgan fingerprint density at radius 1 is 1.24 bits per heavy atom. The summed E-state index contributed by atoms with van der Waals surface area (Å²) in [6, 6.07) is 0.0137. The van der Waals surface area contributed by atoms with Crippen molar-refractivity contribution in [2.75, 3.05) is 6.54 Å². The van der Waals surface area contributed by atoms with Gasteiger partial charge in [-0.15, -0.1) is 0 Å². The SMILES string of the molecule is O=C(c1c(F)ccc(I)c1F)N1CCCCC1C(F)(F)F. The zero-order valence-electron chi connectivity index (χ0n) is 10.7. The quantitative estimate of drug-likeness (QED) is 0.381. The summed E-state index contributed by atoms with van der Waals surface area (Å²) in [5.41, 5.74) is -0.918. The molecular formula is C13H11F5INO. The van der Waals surface area contributed by atoms with Crippen LogP contribution in [0.15, 0.2) is 12.1 Å². The van der Waals surface area contributed by atoms with Gasteiger partial charge in [0.15, 0.2) is 5.82 Å². The third kappa shape index (κ3) is 3.29. The monoisotopic (exact) mass is 419 g/mol. The van der Waals surface area contributed by atoms with Gasteiger partial charge < -0.3 is 4.90 Å². The van der Waals surface area contributed by atoms with Crippen molar-refractivity contribution in [2.24, 2.45) is 0 Å². The molecule has 1 aliphatic rings. The van der Waals surface area contributed by atoms with Crippen LogP contribution in [0, 0.1) is 15.2 Å². The molecule has 0 aromatic heterocycles. The molecule has 0 bridgehead atoms. The molecule has 1 aromatic rings. The van der Waals surface area contributed by atoms with Gasteiger partial charge in [0.2, 0.25) is 0 Å². The molecule has 1 aliphatic heterocycles. The molecule has 0 saturated carbocycles. The van der Waals surface area contributed by atoms with Gasteiger partial charge in [0.25, 0.3) is 5.91 Å². The van der Waals surface area contributed by atoms with Gasteiger partial charge in [0, 0.05) is 10.1 Å². The molecule has 2 nitrogen and oxygen atoms in total. The Bertz CT molecular complexity index is 560. The lowest BCUT2D eigenvalue weighted by atomic mass is 10.00. The predicted molar refractivity (Wildman–Crippen MR) is 73.8 cm³/mol. The second kappa shape index (κ2) is 6.05. The smallest absolute Gasteiger partial charge is 0.326 e. The first-order valence-electron chi connectivity index (χ1n) is 6.24. The lowest BCUT2D eigenvalue weighted by molar-refractivity contribution is -0.183. The van der Waals surface area contributed by atoms with Gasteiger partial charge in [-0.2, -0.15) is 13.2 Å². The highest BCUT2D eigenvalue weighted by molar-refractivity contribution is 14.1. The standard InChI is InChI=1S/C13H11F5INO/c14-7-4-5-8(19)11(15)10(7)12(21)20-6-2-1-3-9(20)13(16,17)18/h4-5,9H,1-3,6H2. The third-order valence-corrected chi connectivity index (χ3v) is 4.23. The van der Waals surface area contributed by atoms with E-state index < -0.39 is 35.3 Å². The molecule has 0 aliphatic carbocycles. The number of amides is 1. The molecule has 8 heteroatoms. The van der Waals surface area contributed by atoms with Crippen molar-refractivity contribution in [2.45, 2.75) is 31.5 Å². The molecule has 116 valence electrons. The maximum atomic E-state index is 13.9. The summed E-state index contributed by atoms with van der Waals surface area (Å²) in [6.45, 7) is -0.159. The zero-order chi connectivity index (χ0) is 15.8.